The van der Waals surface area contributed by atoms with E-state index in [1.54, 1.807) is 23.0 Å². The first kappa shape index (κ1) is 15.4. The predicted molar refractivity (Wildman–Crippen MR) is 79.0 cm³/mol. The number of nitrogens with zero attached hydrogens (tertiary/aromatic N) is 4. The minimum atomic E-state index is -0.450. The van der Waals surface area contributed by atoms with Crippen LogP contribution in [0.5, 0.6) is 0 Å². The first-order valence-corrected chi connectivity index (χ1v) is 7.56. The summed E-state index contributed by atoms with van der Waals surface area (Å²) in [6.45, 7) is 5.27. The normalized spacial score (nSPS) is 12.6. The highest BCUT2D eigenvalue weighted by molar-refractivity contribution is 7.99. The number of aromatic nitrogens is 4. The fourth-order valence-corrected chi connectivity index (χ4v) is 2.49. The third kappa shape index (κ3) is 4.01. The third-order valence-corrected chi connectivity index (χ3v) is 3.69. The molecule has 112 valence electrons. The van der Waals surface area contributed by atoms with Gasteiger partial charge in [-0.2, -0.15) is 4.98 Å². The molecule has 8 heteroatoms. The molecule has 1 amide bonds. The Hall–Kier alpha value is -1.96. The summed E-state index contributed by atoms with van der Waals surface area (Å²) in [7, 11) is 0. The molecular weight excluding hydrogens is 290 g/mol. The minimum absolute atomic E-state index is 0.0431. The van der Waals surface area contributed by atoms with Crippen LogP contribution in [0.2, 0.25) is 0 Å². The number of carbonyl (C=O) groups is 2. The standard InChI is InChI=1S/C13H17N5O2S/c1-8(2)11(9(3)19)15-10(20)7-21-13-16-12-14-5-4-6-18(12)17-13/h4-6,8,11H,7H2,1-3H3,(H,15,20). The van der Waals surface area contributed by atoms with Crippen LogP contribution in [0.4, 0.5) is 0 Å². The van der Waals surface area contributed by atoms with E-state index in [-0.39, 0.29) is 23.4 Å². The number of thioether (sulfide) groups is 1. The van der Waals surface area contributed by atoms with Crippen molar-refractivity contribution in [2.24, 2.45) is 5.92 Å². The summed E-state index contributed by atoms with van der Waals surface area (Å²) >= 11 is 1.21. The van der Waals surface area contributed by atoms with E-state index in [0.717, 1.165) is 0 Å². The van der Waals surface area contributed by atoms with Gasteiger partial charge in [0.25, 0.3) is 5.78 Å². The number of hydrogen-bond acceptors (Lipinski definition) is 6. The lowest BCUT2D eigenvalue weighted by atomic mass is 10.0. The molecule has 2 aromatic heterocycles. The lowest BCUT2D eigenvalue weighted by molar-refractivity contribution is -0.126. The summed E-state index contributed by atoms with van der Waals surface area (Å²) in [6.07, 6.45) is 3.37. The van der Waals surface area contributed by atoms with Gasteiger partial charge in [-0.1, -0.05) is 25.6 Å². The smallest absolute Gasteiger partial charge is 0.253 e. The molecule has 21 heavy (non-hydrogen) atoms. The minimum Gasteiger partial charge on any atom is -0.345 e. The van der Waals surface area contributed by atoms with Crippen LogP contribution in [-0.4, -0.2) is 43.1 Å². The maximum atomic E-state index is 11.9. The van der Waals surface area contributed by atoms with Crippen LogP contribution in [0.15, 0.2) is 23.6 Å². The number of carbonyl (C=O) groups excluding carboxylic acids is 2. The Morgan fingerprint density at radius 1 is 1.43 bits per heavy atom. The number of fused-ring (bicyclic) bond motifs is 1. The number of Topliss-reactive ketones (excluding diaryl/α,β-unsaturated/α-hetero) is 1. The monoisotopic (exact) mass is 307 g/mol. The second kappa shape index (κ2) is 6.66. The Bertz CT molecular complexity index is 622. The molecule has 0 saturated heterocycles. The Balaban J connectivity index is 1.93. The van der Waals surface area contributed by atoms with Crippen LogP contribution in [0.1, 0.15) is 20.8 Å². The van der Waals surface area contributed by atoms with E-state index >= 15 is 0 Å². The number of amides is 1. The van der Waals surface area contributed by atoms with E-state index in [1.165, 1.54) is 18.7 Å². The van der Waals surface area contributed by atoms with Crippen molar-refractivity contribution in [2.75, 3.05) is 5.75 Å². The zero-order chi connectivity index (χ0) is 15.4. The SMILES string of the molecule is CC(=O)C(NC(=O)CSc1nc2ncccn2n1)C(C)C. The van der Waals surface area contributed by atoms with Crippen LogP contribution < -0.4 is 5.32 Å². The molecule has 0 fully saturated rings. The van der Waals surface area contributed by atoms with E-state index in [2.05, 4.69) is 20.4 Å². The number of rotatable bonds is 6. The van der Waals surface area contributed by atoms with Crippen LogP contribution in [0.3, 0.4) is 0 Å². The summed E-state index contributed by atoms with van der Waals surface area (Å²) < 4.78 is 1.55. The zero-order valence-electron chi connectivity index (χ0n) is 12.1. The molecule has 0 aliphatic heterocycles. The molecule has 0 bridgehead atoms. The van der Waals surface area contributed by atoms with Crippen molar-refractivity contribution in [3.05, 3.63) is 18.5 Å². The van der Waals surface area contributed by atoms with Crippen LogP contribution in [0.25, 0.3) is 5.78 Å². The van der Waals surface area contributed by atoms with Gasteiger partial charge in [-0.05, 0) is 18.9 Å². The van der Waals surface area contributed by atoms with E-state index in [4.69, 9.17) is 0 Å². The van der Waals surface area contributed by atoms with Crippen LogP contribution in [-0.2, 0) is 9.59 Å². The molecule has 0 radical (unpaired) electrons. The molecule has 0 aliphatic rings. The van der Waals surface area contributed by atoms with Crippen molar-refractivity contribution in [3.8, 4) is 0 Å². The van der Waals surface area contributed by atoms with Crippen molar-refractivity contribution in [1.82, 2.24) is 24.9 Å². The maximum absolute atomic E-state index is 11.9. The van der Waals surface area contributed by atoms with Gasteiger partial charge in [0.1, 0.15) is 0 Å². The van der Waals surface area contributed by atoms with E-state index < -0.39 is 6.04 Å². The second-order valence-corrected chi connectivity index (χ2v) is 5.89. The molecule has 0 spiro atoms. The largest absolute Gasteiger partial charge is 0.345 e. The van der Waals surface area contributed by atoms with Gasteiger partial charge >= 0.3 is 0 Å². The van der Waals surface area contributed by atoms with Crippen molar-refractivity contribution in [3.63, 3.8) is 0 Å². The zero-order valence-corrected chi connectivity index (χ0v) is 12.9. The topological polar surface area (TPSA) is 89.2 Å². The van der Waals surface area contributed by atoms with Crippen molar-refractivity contribution >= 4 is 29.2 Å². The summed E-state index contributed by atoms with van der Waals surface area (Å²) in [5, 5.41) is 7.41. The van der Waals surface area contributed by atoms with E-state index in [0.29, 0.717) is 10.9 Å². The Labute approximate surface area is 126 Å². The highest BCUT2D eigenvalue weighted by atomic mass is 32.2. The molecule has 0 saturated carbocycles. The van der Waals surface area contributed by atoms with Gasteiger partial charge in [0.05, 0.1) is 11.8 Å². The van der Waals surface area contributed by atoms with Crippen molar-refractivity contribution in [1.29, 1.82) is 0 Å². The van der Waals surface area contributed by atoms with Gasteiger partial charge in [0, 0.05) is 12.4 Å². The van der Waals surface area contributed by atoms with Crippen molar-refractivity contribution in [2.45, 2.75) is 32.0 Å². The Kier molecular flexibility index (Phi) is 4.89. The molecule has 2 heterocycles. The van der Waals surface area contributed by atoms with Gasteiger partial charge in [-0.15, -0.1) is 5.10 Å². The summed E-state index contributed by atoms with van der Waals surface area (Å²) in [5.74, 6) is 0.463. The molecule has 1 unspecified atom stereocenters. The molecule has 1 N–H and O–H groups in total. The molecule has 7 nitrogen and oxygen atoms in total. The van der Waals surface area contributed by atoms with Crippen molar-refractivity contribution < 1.29 is 9.59 Å². The van der Waals surface area contributed by atoms with Gasteiger partial charge in [-0.25, -0.2) is 9.50 Å². The number of ketones is 1. The van der Waals surface area contributed by atoms with Gasteiger partial charge in [0.2, 0.25) is 11.1 Å². The lowest BCUT2D eigenvalue weighted by Gasteiger charge is -2.19. The maximum Gasteiger partial charge on any atom is 0.253 e. The van der Waals surface area contributed by atoms with Gasteiger partial charge in [-0.3, -0.25) is 9.59 Å². The molecule has 1 atom stereocenters. The highest BCUT2D eigenvalue weighted by Crippen LogP contribution is 2.13. The quantitative estimate of drug-likeness (QED) is 0.799. The Morgan fingerprint density at radius 3 is 2.81 bits per heavy atom. The van der Waals surface area contributed by atoms with Gasteiger partial charge < -0.3 is 5.32 Å². The lowest BCUT2D eigenvalue weighted by Crippen LogP contribution is -2.44. The molecule has 2 rings (SSSR count). The fraction of sp³-hybridized carbons (Fsp3) is 0.462. The molecular formula is C13H17N5O2S. The first-order valence-electron chi connectivity index (χ1n) is 6.57. The van der Waals surface area contributed by atoms with E-state index in [1.807, 2.05) is 13.8 Å². The second-order valence-electron chi connectivity index (χ2n) is 4.95. The average Bonchev–Trinajstić information content (AvgIpc) is 2.84. The molecule has 0 aliphatic carbocycles. The van der Waals surface area contributed by atoms with E-state index in [9.17, 15) is 9.59 Å². The number of nitrogens with one attached hydrogen (secondary N) is 1. The summed E-state index contributed by atoms with van der Waals surface area (Å²) in [6, 6.07) is 1.30. The first-order chi connectivity index (χ1) is 9.97. The number of hydrogen-bond donors (Lipinski definition) is 1. The fourth-order valence-electron chi connectivity index (χ4n) is 1.86. The summed E-state index contributed by atoms with van der Waals surface area (Å²) in [5.41, 5.74) is 0. The molecule has 2 aromatic rings. The van der Waals surface area contributed by atoms with Crippen LogP contribution in [0, 0.1) is 5.92 Å². The van der Waals surface area contributed by atoms with Gasteiger partial charge in [0.15, 0.2) is 5.78 Å². The highest BCUT2D eigenvalue weighted by Gasteiger charge is 2.20. The third-order valence-electron chi connectivity index (χ3n) is 2.85. The predicted octanol–water partition coefficient (Wildman–Crippen LogP) is 0.946. The average molecular weight is 307 g/mol. The molecule has 0 aromatic carbocycles. The Morgan fingerprint density at radius 2 is 2.19 bits per heavy atom. The summed E-state index contributed by atoms with van der Waals surface area (Å²) in [4.78, 5) is 31.6. The van der Waals surface area contributed by atoms with Crippen LogP contribution >= 0.6 is 11.8 Å².